The molecule has 0 radical (unpaired) electrons. The summed E-state index contributed by atoms with van der Waals surface area (Å²) < 4.78 is 11.2. The third-order valence-electron chi connectivity index (χ3n) is 4.46. The van der Waals surface area contributed by atoms with Crippen molar-refractivity contribution < 1.29 is 14.3 Å². The summed E-state index contributed by atoms with van der Waals surface area (Å²) in [6.45, 7) is 5.90. The van der Waals surface area contributed by atoms with E-state index in [0.717, 1.165) is 22.4 Å². The number of nitrogens with zero attached hydrogens (tertiary/aromatic N) is 1. The lowest BCUT2D eigenvalue weighted by molar-refractivity contribution is -0.121. The number of H-pyrrole nitrogens is 1. The SMILES string of the molecule is COc1cc(C(C)NC(=O)CCc2nc3ccccc3[nH]2)ccc1OC(C)C. The largest absolute Gasteiger partial charge is 0.493 e. The Morgan fingerprint density at radius 2 is 1.93 bits per heavy atom. The van der Waals surface area contributed by atoms with E-state index in [4.69, 9.17) is 9.47 Å². The molecule has 1 atom stereocenters. The molecule has 0 spiro atoms. The van der Waals surface area contributed by atoms with Crippen molar-refractivity contribution in [3.63, 3.8) is 0 Å². The molecule has 1 unspecified atom stereocenters. The number of aromatic nitrogens is 2. The van der Waals surface area contributed by atoms with E-state index in [1.165, 1.54) is 0 Å². The molecule has 3 aromatic rings. The van der Waals surface area contributed by atoms with Crippen molar-refractivity contribution in [2.24, 2.45) is 0 Å². The summed E-state index contributed by atoms with van der Waals surface area (Å²) in [5.41, 5.74) is 2.87. The average Bonchev–Trinajstić information content (AvgIpc) is 3.09. The number of fused-ring (bicyclic) bond motifs is 1. The van der Waals surface area contributed by atoms with Crippen LogP contribution < -0.4 is 14.8 Å². The molecule has 0 aliphatic carbocycles. The maximum Gasteiger partial charge on any atom is 0.220 e. The first kappa shape index (κ1) is 19.7. The molecule has 148 valence electrons. The third kappa shape index (κ3) is 4.82. The molecule has 1 aromatic heterocycles. The first-order valence-electron chi connectivity index (χ1n) is 9.54. The van der Waals surface area contributed by atoms with Gasteiger partial charge in [-0.3, -0.25) is 4.79 Å². The van der Waals surface area contributed by atoms with E-state index in [1.807, 2.05) is 63.2 Å². The summed E-state index contributed by atoms with van der Waals surface area (Å²) in [6, 6.07) is 13.4. The highest BCUT2D eigenvalue weighted by atomic mass is 16.5. The summed E-state index contributed by atoms with van der Waals surface area (Å²) in [5.74, 6) is 2.16. The van der Waals surface area contributed by atoms with E-state index in [0.29, 0.717) is 24.3 Å². The van der Waals surface area contributed by atoms with Gasteiger partial charge in [0.1, 0.15) is 5.82 Å². The third-order valence-corrected chi connectivity index (χ3v) is 4.46. The minimum absolute atomic E-state index is 0.0190. The Balaban J connectivity index is 1.58. The van der Waals surface area contributed by atoms with Gasteiger partial charge in [0.15, 0.2) is 11.5 Å². The maximum absolute atomic E-state index is 12.4. The molecule has 6 heteroatoms. The number of hydrogen-bond acceptors (Lipinski definition) is 4. The summed E-state index contributed by atoms with van der Waals surface area (Å²) in [4.78, 5) is 20.1. The first-order chi connectivity index (χ1) is 13.5. The summed E-state index contributed by atoms with van der Waals surface area (Å²) in [6.07, 6.45) is 1.00. The molecule has 2 aromatic carbocycles. The van der Waals surface area contributed by atoms with Gasteiger partial charge in [-0.15, -0.1) is 0 Å². The predicted octanol–water partition coefficient (Wildman–Crippen LogP) is 4.17. The number of aryl methyl sites for hydroxylation is 1. The van der Waals surface area contributed by atoms with Gasteiger partial charge in [-0.05, 0) is 50.6 Å². The normalized spacial score (nSPS) is 12.2. The van der Waals surface area contributed by atoms with Gasteiger partial charge in [0.25, 0.3) is 0 Å². The number of amides is 1. The number of rotatable bonds is 8. The summed E-state index contributed by atoms with van der Waals surface area (Å²) in [7, 11) is 1.61. The predicted molar refractivity (Wildman–Crippen MR) is 110 cm³/mol. The lowest BCUT2D eigenvalue weighted by Gasteiger charge is -2.18. The molecule has 0 aliphatic heterocycles. The van der Waals surface area contributed by atoms with Crippen LogP contribution in [0.4, 0.5) is 0 Å². The Labute approximate surface area is 165 Å². The lowest BCUT2D eigenvalue weighted by Crippen LogP contribution is -2.27. The quantitative estimate of drug-likeness (QED) is 0.614. The van der Waals surface area contributed by atoms with E-state index >= 15 is 0 Å². The number of aromatic amines is 1. The Bertz CT molecular complexity index is 916. The molecule has 0 saturated heterocycles. The van der Waals surface area contributed by atoms with E-state index < -0.39 is 0 Å². The molecule has 0 aliphatic rings. The van der Waals surface area contributed by atoms with Crippen LogP contribution in [0.5, 0.6) is 11.5 Å². The standard InChI is InChI=1S/C22H27N3O3/c1-14(2)28-19-10-9-16(13-20(19)27-4)15(3)23-22(26)12-11-21-24-17-7-5-6-8-18(17)25-21/h5-10,13-15H,11-12H2,1-4H3,(H,23,26)(H,24,25). The molecule has 6 nitrogen and oxygen atoms in total. The highest BCUT2D eigenvalue weighted by molar-refractivity contribution is 5.77. The molecule has 28 heavy (non-hydrogen) atoms. The smallest absolute Gasteiger partial charge is 0.220 e. The van der Waals surface area contributed by atoms with Crippen LogP contribution in [0.15, 0.2) is 42.5 Å². The van der Waals surface area contributed by atoms with Crippen LogP contribution in [-0.4, -0.2) is 29.1 Å². The zero-order valence-corrected chi connectivity index (χ0v) is 16.8. The first-order valence-corrected chi connectivity index (χ1v) is 9.54. The van der Waals surface area contributed by atoms with Gasteiger partial charge in [0.2, 0.25) is 5.91 Å². The maximum atomic E-state index is 12.4. The van der Waals surface area contributed by atoms with Crippen molar-refractivity contribution in [1.82, 2.24) is 15.3 Å². The molecule has 0 saturated carbocycles. The number of hydrogen-bond donors (Lipinski definition) is 2. The van der Waals surface area contributed by atoms with Crippen LogP contribution in [0, 0.1) is 0 Å². The number of imidazole rings is 1. The van der Waals surface area contributed by atoms with Crippen molar-refractivity contribution in [2.45, 2.75) is 45.8 Å². The zero-order valence-electron chi connectivity index (χ0n) is 16.8. The summed E-state index contributed by atoms with van der Waals surface area (Å²) >= 11 is 0. The van der Waals surface area contributed by atoms with Crippen LogP contribution in [0.1, 0.15) is 44.6 Å². The van der Waals surface area contributed by atoms with E-state index in [9.17, 15) is 4.79 Å². The minimum atomic E-state index is -0.134. The second kappa shape index (κ2) is 8.78. The van der Waals surface area contributed by atoms with Gasteiger partial charge in [-0.1, -0.05) is 18.2 Å². The van der Waals surface area contributed by atoms with E-state index in [-0.39, 0.29) is 18.1 Å². The number of carbonyl (C=O) groups excluding carboxylic acids is 1. The average molecular weight is 381 g/mol. The Morgan fingerprint density at radius 1 is 1.14 bits per heavy atom. The Kier molecular flexibility index (Phi) is 6.19. The molecule has 0 bridgehead atoms. The van der Waals surface area contributed by atoms with Gasteiger partial charge in [-0.25, -0.2) is 4.98 Å². The molecular weight excluding hydrogens is 354 g/mol. The second-order valence-electron chi connectivity index (χ2n) is 7.07. The molecule has 0 fully saturated rings. The van der Waals surface area contributed by atoms with Crippen molar-refractivity contribution in [3.8, 4) is 11.5 Å². The van der Waals surface area contributed by atoms with Crippen LogP contribution >= 0.6 is 0 Å². The highest BCUT2D eigenvalue weighted by Gasteiger charge is 2.14. The number of ether oxygens (including phenoxy) is 2. The van der Waals surface area contributed by atoms with Gasteiger partial charge >= 0.3 is 0 Å². The number of para-hydroxylation sites is 2. The monoisotopic (exact) mass is 381 g/mol. The molecule has 2 N–H and O–H groups in total. The molecule has 1 amide bonds. The second-order valence-corrected chi connectivity index (χ2v) is 7.07. The van der Waals surface area contributed by atoms with Gasteiger partial charge in [-0.2, -0.15) is 0 Å². The number of nitrogens with one attached hydrogen (secondary N) is 2. The van der Waals surface area contributed by atoms with Crippen LogP contribution in [0.3, 0.4) is 0 Å². The van der Waals surface area contributed by atoms with Gasteiger partial charge in [0, 0.05) is 12.8 Å². The fraction of sp³-hybridized carbons (Fsp3) is 0.364. The number of benzene rings is 2. The Hall–Kier alpha value is -3.02. The van der Waals surface area contributed by atoms with E-state index in [1.54, 1.807) is 7.11 Å². The van der Waals surface area contributed by atoms with Crippen LogP contribution in [0.25, 0.3) is 11.0 Å². The lowest BCUT2D eigenvalue weighted by atomic mass is 10.1. The van der Waals surface area contributed by atoms with Gasteiger partial charge < -0.3 is 19.8 Å². The Morgan fingerprint density at radius 3 is 2.64 bits per heavy atom. The van der Waals surface area contributed by atoms with Crippen molar-refractivity contribution in [1.29, 1.82) is 0 Å². The fourth-order valence-electron chi connectivity index (χ4n) is 3.06. The van der Waals surface area contributed by atoms with Crippen molar-refractivity contribution >= 4 is 16.9 Å². The van der Waals surface area contributed by atoms with Crippen molar-refractivity contribution in [3.05, 3.63) is 53.9 Å². The van der Waals surface area contributed by atoms with Crippen LogP contribution in [-0.2, 0) is 11.2 Å². The van der Waals surface area contributed by atoms with Crippen LogP contribution in [0.2, 0.25) is 0 Å². The number of carbonyl (C=O) groups is 1. The molecular formula is C22H27N3O3. The topological polar surface area (TPSA) is 76.2 Å². The highest BCUT2D eigenvalue weighted by Crippen LogP contribution is 2.31. The van der Waals surface area contributed by atoms with E-state index in [2.05, 4.69) is 15.3 Å². The fourth-order valence-corrected chi connectivity index (χ4v) is 3.06. The van der Waals surface area contributed by atoms with Gasteiger partial charge in [0.05, 0.1) is 30.3 Å². The molecule has 1 heterocycles. The zero-order chi connectivity index (χ0) is 20.1. The minimum Gasteiger partial charge on any atom is -0.493 e. The summed E-state index contributed by atoms with van der Waals surface area (Å²) in [5, 5.41) is 3.03. The molecule has 3 rings (SSSR count). The number of methoxy groups -OCH3 is 1. The van der Waals surface area contributed by atoms with Crippen molar-refractivity contribution in [2.75, 3.05) is 7.11 Å².